The molecule has 1 amide bonds. The first kappa shape index (κ1) is 24.8. The van der Waals surface area contributed by atoms with Crippen LogP contribution in [0, 0.1) is 0 Å². The Bertz CT molecular complexity index is 1080. The minimum absolute atomic E-state index is 0.181. The lowest BCUT2D eigenvalue weighted by Gasteiger charge is -2.20. The predicted octanol–water partition coefficient (Wildman–Crippen LogP) is 4.08. The van der Waals surface area contributed by atoms with Crippen molar-refractivity contribution in [1.29, 1.82) is 0 Å². The summed E-state index contributed by atoms with van der Waals surface area (Å²) in [6.45, 7) is 2.62. The van der Waals surface area contributed by atoms with Gasteiger partial charge in [-0.05, 0) is 68.1 Å². The van der Waals surface area contributed by atoms with Crippen LogP contribution in [-0.4, -0.2) is 61.5 Å². The Kier molecular flexibility index (Phi) is 8.39. The van der Waals surface area contributed by atoms with Gasteiger partial charge in [-0.1, -0.05) is 12.1 Å². The molecule has 35 heavy (non-hydrogen) atoms. The van der Waals surface area contributed by atoms with Crippen LogP contribution in [0.4, 0.5) is 5.82 Å². The third-order valence-electron chi connectivity index (χ3n) is 6.17. The first-order valence-electron chi connectivity index (χ1n) is 12.0. The van der Waals surface area contributed by atoms with Gasteiger partial charge in [0.15, 0.2) is 5.82 Å². The molecule has 2 aromatic carbocycles. The second kappa shape index (κ2) is 11.9. The van der Waals surface area contributed by atoms with E-state index in [0.717, 1.165) is 68.1 Å². The first-order chi connectivity index (χ1) is 17.0. The molecule has 0 spiro atoms. The van der Waals surface area contributed by atoms with Crippen LogP contribution >= 0.6 is 0 Å². The zero-order chi connectivity index (χ0) is 24.6. The van der Waals surface area contributed by atoms with Crippen molar-refractivity contribution in [1.82, 2.24) is 15.1 Å². The molecular formula is C27H34N4O4. The van der Waals surface area contributed by atoms with Crippen LogP contribution in [0.3, 0.4) is 0 Å². The van der Waals surface area contributed by atoms with E-state index in [9.17, 15) is 4.79 Å². The van der Waals surface area contributed by atoms with Gasteiger partial charge in [-0.15, -0.1) is 0 Å². The summed E-state index contributed by atoms with van der Waals surface area (Å²) in [5, 5.41) is 10.1. The highest BCUT2D eigenvalue weighted by Gasteiger charge is 2.17. The van der Waals surface area contributed by atoms with E-state index in [4.69, 9.17) is 14.2 Å². The second-order valence-electron chi connectivity index (χ2n) is 8.98. The van der Waals surface area contributed by atoms with Crippen LogP contribution in [0.1, 0.15) is 40.0 Å². The third-order valence-corrected chi connectivity index (χ3v) is 6.17. The van der Waals surface area contributed by atoms with E-state index in [1.54, 1.807) is 14.2 Å². The number of anilines is 1. The smallest absolute Gasteiger partial charge is 0.256 e. The number of rotatable bonds is 11. The normalized spacial score (nSPS) is 15.4. The summed E-state index contributed by atoms with van der Waals surface area (Å²) in [6.07, 6.45) is 4.15. The van der Waals surface area contributed by atoms with Gasteiger partial charge < -0.3 is 19.5 Å². The van der Waals surface area contributed by atoms with Crippen LogP contribution in [0.2, 0.25) is 0 Å². The van der Waals surface area contributed by atoms with Gasteiger partial charge in [0.25, 0.3) is 5.91 Å². The summed E-state index contributed by atoms with van der Waals surface area (Å²) in [6, 6.07) is 15.4. The maximum absolute atomic E-state index is 12.7. The van der Waals surface area contributed by atoms with E-state index in [2.05, 4.69) is 27.5 Å². The van der Waals surface area contributed by atoms with Gasteiger partial charge >= 0.3 is 0 Å². The number of aryl methyl sites for hydroxylation is 2. The van der Waals surface area contributed by atoms with Crippen molar-refractivity contribution in [3.05, 3.63) is 70.9 Å². The molecule has 1 fully saturated rings. The van der Waals surface area contributed by atoms with Gasteiger partial charge in [-0.2, -0.15) is 5.10 Å². The molecule has 0 radical (unpaired) electrons. The van der Waals surface area contributed by atoms with Crippen molar-refractivity contribution in [2.24, 2.45) is 0 Å². The molecule has 8 heteroatoms. The van der Waals surface area contributed by atoms with Crippen LogP contribution in [0.5, 0.6) is 11.5 Å². The molecule has 3 aromatic rings. The van der Waals surface area contributed by atoms with E-state index in [-0.39, 0.29) is 5.91 Å². The van der Waals surface area contributed by atoms with Gasteiger partial charge in [-0.3, -0.25) is 14.8 Å². The lowest BCUT2D eigenvalue weighted by Crippen LogP contribution is -2.28. The summed E-state index contributed by atoms with van der Waals surface area (Å²) < 4.78 is 16.4. The first-order valence-corrected chi connectivity index (χ1v) is 12.0. The van der Waals surface area contributed by atoms with E-state index in [1.807, 2.05) is 48.5 Å². The topological polar surface area (TPSA) is 88.7 Å². The fourth-order valence-corrected chi connectivity index (χ4v) is 4.31. The molecule has 2 N–H and O–H groups in total. The molecule has 1 atom stereocenters. The van der Waals surface area contributed by atoms with Crippen molar-refractivity contribution in [3.63, 3.8) is 0 Å². The SMILES string of the molecule is COc1cc(CCc2cc(NC(=O)c3ccc(CN(C)CC4CCCO4)cc3)n[nH]2)cc(OC)c1. The molecule has 1 saturated heterocycles. The van der Waals surface area contributed by atoms with Crippen molar-refractivity contribution < 1.29 is 19.0 Å². The number of H-pyrrole nitrogens is 1. The molecule has 0 aliphatic carbocycles. The van der Waals surface area contributed by atoms with Crippen LogP contribution in [0.15, 0.2) is 48.5 Å². The molecule has 186 valence electrons. The maximum atomic E-state index is 12.7. The number of likely N-dealkylation sites (N-methyl/N-ethyl adjacent to an activating group) is 1. The average molecular weight is 479 g/mol. The minimum atomic E-state index is -0.181. The predicted molar refractivity (Wildman–Crippen MR) is 135 cm³/mol. The van der Waals surface area contributed by atoms with Crippen molar-refractivity contribution >= 4 is 11.7 Å². The molecule has 8 nitrogen and oxygen atoms in total. The molecule has 1 aromatic heterocycles. The standard InChI is InChI=1S/C27H34N4O4/c1-31(18-23-5-4-12-35-23)17-19-6-9-21(10-7-19)27(32)28-26-15-22(29-30-26)11-8-20-13-24(33-2)16-25(14-20)34-3/h6-7,9-10,13-16,23H,4-5,8,11-12,17-18H2,1-3H3,(H2,28,29,30,32). The Balaban J connectivity index is 1.27. The van der Waals surface area contributed by atoms with E-state index in [1.165, 1.54) is 5.56 Å². The zero-order valence-electron chi connectivity index (χ0n) is 20.7. The lowest BCUT2D eigenvalue weighted by atomic mass is 10.1. The van der Waals surface area contributed by atoms with Crippen LogP contribution in [0.25, 0.3) is 0 Å². The number of carbonyl (C=O) groups excluding carboxylic acids is 1. The number of nitrogens with zero attached hydrogens (tertiary/aromatic N) is 2. The Hall–Kier alpha value is -3.36. The van der Waals surface area contributed by atoms with E-state index >= 15 is 0 Å². The number of amides is 1. The molecule has 1 aliphatic heterocycles. The van der Waals surface area contributed by atoms with E-state index in [0.29, 0.717) is 17.5 Å². The number of methoxy groups -OCH3 is 2. The summed E-state index contributed by atoms with van der Waals surface area (Å²) in [7, 11) is 5.38. The number of nitrogens with one attached hydrogen (secondary N) is 2. The highest BCUT2D eigenvalue weighted by Crippen LogP contribution is 2.23. The zero-order valence-corrected chi connectivity index (χ0v) is 20.7. The highest BCUT2D eigenvalue weighted by atomic mass is 16.5. The summed E-state index contributed by atoms with van der Waals surface area (Å²) >= 11 is 0. The molecule has 2 heterocycles. The van der Waals surface area contributed by atoms with Crippen LogP contribution in [-0.2, 0) is 24.1 Å². The molecule has 0 saturated carbocycles. The van der Waals surface area contributed by atoms with Crippen molar-refractivity contribution in [2.45, 2.75) is 38.3 Å². The van der Waals surface area contributed by atoms with Crippen LogP contribution < -0.4 is 14.8 Å². The van der Waals surface area contributed by atoms with E-state index < -0.39 is 0 Å². The van der Waals surface area contributed by atoms with Crippen molar-refractivity contribution in [2.75, 3.05) is 39.7 Å². The Morgan fingerprint density at radius 2 is 1.83 bits per heavy atom. The molecule has 1 aliphatic rings. The third kappa shape index (κ3) is 7.07. The highest BCUT2D eigenvalue weighted by molar-refractivity contribution is 6.03. The lowest BCUT2D eigenvalue weighted by molar-refractivity contribution is 0.0793. The minimum Gasteiger partial charge on any atom is -0.497 e. The molecule has 4 rings (SSSR count). The molecular weight excluding hydrogens is 444 g/mol. The maximum Gasteiger partial charge on any atom is 0.256 e. The number of ether oxygens (including phenoxy) is 3. The van der Waals surface area contributed by atoms with Gasteiger partial charge in [0.2, 0.25) is 0 Å². The van der Waals surface area contributed by atoms with Gasteiger partial charge in [0, 0.05) is 43.1 Å². The number of carbonyl (C=O) groups is 1. The fraction of sp³-hybridized carbons (Fsp3) is 0.407. The van der Waals surface area contributed by atoms with Crippen molar-refractivity contribution in [3.8, 4) is 11.5 Å². The molecule has 1 unspecified atom stereocenters. The number of aromatic amines is 1. The van der Waals surface area contributed by atoms with Gasteiger partial charge in [-0.25, -0.2) is 0 Å². The number of hydrogen-bond acceptors (Lipinski definition) is 6. The number of hydrogen-bond donors (Lipinski definition) is 2. The average Bonchev–Trinajstić information content (AvgIpc) is 3.55. The Morgan fingerprint density at radius 1 is 1.09 bits per heavy atom. The molecule has 0 bridgehead atoms. The Morgan fingerprint density at radius 3 is 2.49 bits per heavy atom. The van der Waals surface area contributed by atoms with Gasteiger partial charge in [0.05, 0.1) is 20.3 Å². The summed E-state index contributed by atoms with van der Waals surface area (Å²) in [5.74, 6) is 1.85. The largest absolute Gasteiger partial charge is 0.497 e. The quantitative estimate of drug-likeness (QED) is 0.432. The summed E-state index contributed by atoms with van der Waals surface area (Å²) in [5.41, 5.74) is 3.80. The van der Waals surface area contributed by atoms with Gasteiger partial charge in [0.1, 0.15) is 11.5 Å². The Labute approximate surface area is 206 Å². The monoisotopic (exact) mass is 478 g/mol. The second-order valence-corrected chi connectivity index (χ2v) is 8.98. The number of aromatic nitrogens is 2. The number of benzene rings is 2. The summed E-state index contributed by atoms with van der Waals surface area (Å²) in [4.78, 5) is 14.9. The fourth-order valence-electron chi connectivity index (χ4n) is 4.31.